The summed E-state index contributed by atoms with van der Waals surface area (Å²) in [5, 5.41) is 17.1. The Balaban J connectivity index is 1.96. The van der Waals surface area contributed by atoms with Crippen LogP contribution >= 0.6 is 0 Å². The van der Waals surface area contributed by atoms with E-state index in [0.29, 0.717) is 0 Å². The zero-order valence-corrected chi connectivity index (χ0v) is 22.1. The molecule has 0 saturated carbocycles. The Kier molecular flexibility index (Phi) is 6.84. The Morgan fingerprint density at radius 1 is 0.697 bits per heavy atom. The minimum Gasteiger partial charge on any atom is -0.392 e. The third kappa shape index (κ3) is 4.67. The van der Waals surface area contributed by atoms with Gasteiger partial charge in [0.05, 0.1) is 14.7 Å². The van der Waals surface area contributed by atoms with Crippen LogP contribution in [0.5, 0.6) is 0 Å². The molecule has 0 heterocycles. The highest BCUT2D eigenvalue weighted by molar-refractivity contribution is 7.00. The molecule has 1 atom stereocenters. The van der Waals surface area contributed by atoms with Crippen molar-refractivity contribution in [2.45, 2.75) is 31.7 Å². The number of rotatable bonds is 7. The highest BCUT2D eigenvalue weighted by Gasteiger charge is 2.43. The third-order valence-corrected chi connectivity index (χ3v) is 15.1. The molecule has 168 valence electrons. The first-order chi connectivity index (χ1) is 15.9. The summed E-state index contributed by atoms with van der Waals surface area (Å²) in [7, 11) is -4.07. The molecule has 0 aliphatic carbocycles. The molecule has 33 heavy (non-hydrogen) atoms. The van der Waals surface area contributed by atoms with Gasteiger partial charge in [-0.1, -0.05) is 151 Å². The highest BCUT2D eigenvalue weighted by Crippen LogP contribution is 2.39. The summed E-state index contributed by atoms with van der Waals surface area (Å²) in [6, 6.07) is 37.5. The number of allylic oxidation sites excluding steroid dienone is 1. The minimum absolute atomic E-state index is 0.0714. The average molecular weight is 467 g/mol. The van der Waals surface area contributed by atoms with Crippen molar-refractivity contribution >= 4 is 37.3 Å². The molecular formula is C30H34OSi2. The van der Waals surface area contributed by atoms with Crippen molar-refractivity contribution in [1.29, 1.82) is 0 Å². The predicted octanol–water partition coefficient (Wildman–Crippen LogP) is 6.15. The Morgan fingerprint density at radius 2 is 1.24 bits per heavy atom. The highest BCUT2D eigenvalue weighted by atomic mass is 28.3. The smallest absolute Gasteiger partial charge is 0.107 e. The maximum absolute atomic E-state index is 10.2. The number of aliphatic hydroxyl groups is 1. The van der Waals surface area contributed by atoms with Gasteiger partial charge in [0.2, 0.25) is 0 Å². The number of hydrogen-bond donors (Lipinski definition) is 1. The molecule has 0 bridgehead atoms. The number of hydrogen-bond acceptors (Lipinski definition) is 1. The molecule has 1 N–H and O–H groups in total. The molecule has 4 aromatic rings. The van der Waals surface area contributed by atoms with E-state index in [2.05, 4.69) is 135 Å². The van der Waals surface area contributed by atoms with Gasteiger partial charge in [0.15, 0.2) is 0 Å². The molecule has 0 aliphatic rings. The summed E-state index contributed by atoms with van der Waals surface area (Å²) in [5.41, 5.74) is 1.64. The Hall–Kier alpha value is -2.73. The summed E-state index contributed by atoms with van der Waals surface area (Å²) in [6.07, 6.45) is 2.14. The van der Waals surface area contributed by atoms with E-state index in [4.69, 9.17) is 0 Å². The molecule has 1 nitrogen and oxygen atoms in total. The van der Waals surface area contributed by atoms with Crippen molar-refractivity contribution < 1.29 is 5.11 Å². The fraction of sp³-hybridized carbons (Fsp3) is 0.200. The van der Waals surface area contributed by atoms with Gasteiger partial charge in [0, 0.05) is 5.54 Å². The number of fused-ring (bicyclic) bond motifs is 1. The van der Waals surface area contributed by atoms with Gasteiger partial charge >= 0.3 is 0 Å². The van der Waals surface area contributed by atoms with Crippen molar-refractivity contribution in [3.8, 4) is 0 Å². The molecule has 0 spiro atoms. The molecule has 0 saturated heterocycles. The molecule has 4 aromatic carbocycles. The Bertz CT molecular complexity index is 1240. The summed E-state index contributed by atoms with van der Waals surface area (Å²) < 4.78 is 0. The van der Waals surface area contributed by atoms with Crippen LogP contribution in [0.3, 0.4) is 0 Å². The molecule has 0 amide bonds. The maximum atomic E-state index is 10.2. The van der Waals surface area contributed by atoms with Gasteiger partial charge < -0.3 is 5.11 Å². The Morgan fingerprint density at radius 3 is 1.85 bits per heavy atom. The van der Waals surface area contributed by atoms with Crippen LogP contribution in [0, 0.1) is 0 Å². The first-order valence-corrected chi connectivity index (χ1v) is 17.8. The zero-order chi connectivity index (χ0) is 23.5. The lowest BCUT2D eigenvalue weighted by Crippen LogP contribution is -2.55. The lowest BCUT2D eigenvalue weighted by molar-refractivity contribution is 0.342. The maximum Gasteiger partial charge on any atom is 0.107 e. The van der Waals surface area contributed by atoms with E-state index < -0.39 is 16.1 Å². The molecule has 1 unspecified atom stereocenters. The summed E-state index contributed by atoms with van der Waals surface area (Å²) in [4.78, 5) is 0. The van der Waals surface area contributed by atoms with Gasteiger partial charge in [0.25, 0.3) is 0 Å². The lowest BCUT2D eigenvalue weighted by atomic mass is 10.0. The van der Waals surface area contributed by atoms with E-state index in [0.717, 1.165) is 0 Å². The van der Waals surface area contributed by atoms with E-state index >= 15 is 0 Å². The summed E-state index contributed by atoms with van der Waals surface area (Å²) >= 11 is 0. The van der Waals surface area contributed by atoms with Crippen LogP contribution in [0.15, 0.2) is 114 Å². The van der Waals surface area contributed by atoms with Crippen molar-refractivity contribution in [3.63, 3.8) is 0 Å². The monoisotopic (exact) mass is 466 g/mol. The van der Waals surface area contributed by atoms with Crippen LogP contribution in [-0.4, -0.2) is 27.9 Å². The van der Waals surface area contributed by atoms with Crippen LogP contribution in [-0.2, 0) is 0 Å². The topological polar surface area (TPSA) is 20.2 Å². The molecule has 0 radical (unpaired) electrons. The molecule has 0 fully saturated rings. The fourth-order valence-electron chi connectivity index (χ4n) is 5.26. The normalized spacial score (nSPS) is 13.8. The van der Waals surface area contributed by atoms with Crippen LogP contribution in [0.25, 0.3) is 10.8 Å². The third-order valence-electron chi connectivity index (χ3n) is 7.19. The van der Waals surface area contributed by atoms with Gasteiger partial charge in [-0.25, -0.2) is 0 Å². The van der Waals surface area contributed by atoms with Crippen molar-refractivity contribution in [1.82, 2.24) is 0 Å². The second-order valence-corrected chi connectivity index (χ2v) is 19.0. The van der Waals surface area contributed by atoms with Gasteiger partial charge in [-0.3, -0.25) is 0 Å². The largest absolute Gasteiger partial charge is 0.392 e. The number of aliphatic hydroxyl groups excluding tert-OH is 1. The van der Waals surface area contributed by atoms with Crippen molar-refractivity contribution in [3.05, 3.63) is 120 Å². The van der Waals surface area contributed by atoms with Crippen LogP contribution < -0.4 is 10.4 Å². The SMILES string of the molecule is C[Si](C)(/C(=C/CO)C(c1ccc2ccccc2c1)[Si](C)(C)c1ccccc1)c1ccccc1. The first kappa shape index (κ1) is 23.4. The molecule has 3 heteroatoms. The first-order valence-electron chi connectivity index (χ1n) is 11.8. The van der Waals surface area contributed by atoms with E-state index in [1.165, 1.54) is 31.9 Å². The predicted molar refractivity (Wildman–Crippen MR) is 149 cm³/mol. The summed E-state index contributed by atoms with van der Waals surface area (Å²) in [6.45, 7) is 9.92. The van der Waals surface area contributed by atoms with E-state index in [9.17, 15) is 5.11 Å². The van der Waals surface area contributed by atoms with Crippen molar-refractivity contribution in [2.75, 3.05) is 6.61 Å². The second kappa shape index (κ2) is 9.64. The molecule has 0 aliphatic heterocycles. The van der Waals surface area contributed by atoms with Crippen LogP contribution in [0.2, 0.25) is 26.2 Å². The van der Waals surface area contributed by atoms with Gasteiger partial charge in [-0.2, -0.15) is 0 Å². The molecular weight excluding hydrogens is 433 g/mol. The minimum atomic E-state index is -2.05. The van der Waals surface area contributed by atoms with Crippen LogP contribution in [0.1, 0.15) is 11.1 Å². The van der Waals surface area contributed by atoms with Gasteiger partial charge in [-0.15, -0.1) is 0 Å². The lowest BCUT2D eigenvalue weighted by Gasteiger charge is -2.41. The van der Waals surface area contributed by atoms with Crippen LogP contribution in [0.4, 0.5) is 0 Å². The van der Waals surface area contributed by atoms with E-state index in [-0.39, 0.29) is 12.1 Å². The zero-order valence-electron chi connectivity index (χ0n) is 20.1. The van der Waals surface area contributed by atoms with E-state index in [1.54, 1.807) is 0 Å². The van der Waals surface area contributed by atoms with E-state index in [1.807, 2.05) is 0 Å². The fourth-order valence-corrected chi connectivity index (χ4v) is 13.6. The standard InChI is InChI=1S/C30H34OSi2/c1-32(2,27-15-7-5-8-16-27)29(21-22-31)30(33(3,4)28-17-9-6-10-18-28)26-20-19-24-13-11-12-14-25(24)23-26/h5-21,23,30-31H,22H2,1-4H3/b29-21+. The van der Waals surface area contributed by atoms with Gasteiger partial charge in [0.1, 0.15) is 8.07 Å². The summed E-state index contributed by atoms with van der Waals surface area (Å²) in [5.74, 6) is 0. The Labute approximate surface area is 200 Å². The molecule has 0 aromatic heterocycles. The number of benzene rings is 4. The van der Waals surface area contributed by atoms with Gasteiger partial charge in [-0.05, 0) is 16.3 Å². The second-order valence-electron chi connectivity index (χ2n) is 9.96. The van der Waals surface area contributed by atoms with Crippen molar-refractivity contribution in [2.24, 2.45) is 0 Å². The average Bonchev–Trinajstić information content (AvgIpc) is 2.84. The quantitative estimate of drug-likeness (QED) is 0.324. The molecule has 4 rings (SSSR count).